The molecule has 6 nitrogen and oxygen atoms in total. The zero-order valence-corrected chi connectivity index (χ0v) is 19.0. The maximum atomic E-state index is 14.7. The van der Waals surface area contributed by atoms with Crippen molar-refractivity contribution in [1.29, 1.82) is 0 Å². The molecule has 0 bridgehead atoms. The zero-order chi connectivity index (χ0) is 23.8. The molecule has 0 spiro atoms. The summed E-state index contributed by atoms with van der Waals surface area (Å²) in [5.74, 6) is -0.370. The SMILES string of the molecule is CC(C)(C)OC(=O)N1C[C@H](OC(=O)N2CCc3ccccc3[C@@H]2c2ccc(F)cc2)[C@@H](F)C1. The third-order valence-corrected chi connectivity index (χ3v) is 5.81. The standard InChI is InChI=1S/C25H28F2N2O4/c1-25(2,3)33-23(30)28-14-20(27)21(15-28)32-24(31)29-13-12-16-6-4-5-7-19(16)22(29)17-8-10-18(26)11-9-17/h4-11,20-22H,12-15H2,1-3H3/t20-,21-,22-/m0/s1. The van der Waals surface area contributed by atoms with Gasteiger partial charge in [0.2, 0.25) is 0 Å². The molecule has 0 aromatic heterocycles. The van der Waals surface area contributed by atoms with Crippen LogP contribution >= 0.6 is 0 Å². The summed E-state index contributed by atoms with van der Waals surface area (Å²) in [7, 11) is 0. The van der Waals surface area contributed by atoms with E-state index in [9.17, 15) is 18.4 Å². The summed E-state index contributed by atoms with van der Waals surface area (Å²) in [5, 5.41) is 0. The Kier molecular flexibility index (Phi) is 6.28. The van der Waals surface area contributed by atoms with Crippen LogP contribution in [-0.2, 0) is 15.9 Å². The number of alkyl halides is 1. The van der Waals surface area contributed by atoms with Crippen molar-refractivity contribution in [2.45, 2.75) is 51.1 Å². The molecule has 0 radical (unpaired) electrons. The van der Waals surface area contributed by atoms with Crippen LogP contribution in [0.25, 0.3) is 0 Å². The smallest absolute Gasteiger partial charge is 0.411 e. The number of amides is 2. The highest BCUT2D eigenvalue weighted by Crippen LogP contribution is 2.36. The van der Waals surface area contributed by atoms with Crippen molar-refractivity contribution in [2.24, 2.45) is 0 Å². The van der Waals surface area contributed by atoms with Gasteiger partial charge in [0.1, 0.15) is 11.4 Å². The number of carbonyl (C=O) groups is 2. The van der Waals surface area contributed by atoms with E-state index >= 15 is 0 Å². The molecule has 1 fully saturated rings. The Labute approximate surface area is 192 Å². The molecule has 2 aliphatic heterocycles. The molecule has 0 saturated carbocycles. The monoisotopic (exact) mass is 458 g/mol. The van der Waals surface area contributed by atoms with Crippen LogP contribution in [0.15, 0.2) is 48.5 Å². The van der Waals surface area contributed by atoms with Crippen molar-refractivity contribution in [3.8, 4) is 0 Å². The summed E-state index contributed by atoms with van der Waals surface area (Å²) in [6.45, 7) is 5.29. The minimum atomic E-state index is -1.51. The summed E-state index contributed by atoms with van der Waals surface area (Å²) in [6.07, 6.45) is -3.28. The van der Waals surface area contributed by atoms with Crippen LogP contribution in [0, 0.1) is 5.82 Å². The van der Waals surface area contributed by atoms with Crippen LogP contribution < -0.4 is 0 Å². The van der Waals surface area contributed by atoms with Crippen molar-refractivity contribution in [3.05, 3.63) is 71.0 Å². The van der Waals surface area contributed by atoms with Gasteiger partial charge in [-0.05, 0) is 56.0 Å². The number of carbonyl (C=O) groups excluding carboxylic acids is 2. The van der Waals surface area contributed by atoms with Crippen LogP contribution in [0.2, 0.25) is 0 Å². The molecule has 176 valence electrons. The number of hydrogen-bond donors (Lipinski definition) is 0. The third-order valence-electron chi connectivity index (χ3n) is 5.81. The first-order valence-electron chi connectivity index (χ1n) is 11.0. The van der Waals surface area contributed by atoms with Crippen molar-refractivity contribution in [1.82, 2.24) is 9.80 Å². The van der Waals surface area contributed by atoms with E-state index in [4.69, 9.17) is 9.47 Å². The van der Waals surface area contributed by atoms with Crippen molar-refractivity contribution in [2.75, 3.05) is 19.6 Å². The molecule has 2 aliphatic rings. The van der Waals surface area contributed by atoms with Crippen molar-refractivity contribution < 1.29 is 27.8 Å². The van der Waals surface area contributed by atoms with E-state index in [1.807, 2.05) is 24.3 Å². The van der Waals surface area contributed by atoms with E-state index < -0.39 is 36.1 Å². The van der Waals surface area contributed by atoms with Gasteiger partial charge in [-0.2, -0.15) is 0 Å². The Morgan fingerprint density at radius 1 is 1.00 bits per heavy atom. The molecule has 2 aromatic carbocycles. The highest BCUT2D eigenvalue weighted by molar-refractivity contribution is 5.71. The minimum absolute atomic E-state index is 0.0759. The van der Waals surface area contributed by atoms with Gasteiger partial charge in [-0.3, -0.25) is 4.90 Å². The van der Waals surface area contributed by atoms with E-state index in [1.165, 1.54) is 17.0 Å². The molecule has 8 heteroatoms. The quantitative estimate of drug-likeness (QED) is 0.645. The third kappa shape index (κ3) is 5.10. The van der Waals surface area contributed by atoms with Gasteiger partial charge in [0.25, 0.3) is 0 Å². The molecule has 2 heterocycles. The van der Waals surface area contributed by atoms with Crippen LogP contribution in [0.5, 0.6) is 0 Å². The largest absolute Gasteiger partial charge is 0.444 e. The second-order valence-electron chi connectivity index (χ2n) is 9.42. The minimum Gasteiger partial charge on any atom is -0.444 e. The molecular weight excluding hydrogens is 430 g/mol. The molecule has 0 unspecified atom stereocenters. The van der Waals surface area contributed by atoms with E-state index in [1.54, 1.807) is 37.8 Å². The second kappa shape index (κ2) is 9.00. The molecule has 2 amide bonds. The molecule has 3 atom stereocenters. The lowest BCUT2D eigenvalue weighted by molar-refractivity contribution is 0.0211. The normalized spacial score (nSPS) is 22.6. The molecule has 4 rings (SSSR count). The van der Waals surface area contributed by atoms with Gasteiger partial charge >= 0.3 is 12.2 Å². The molecule has 33 heavy (non-hydrogen) atoms. The Hall–Kier alpha value is -3.16. The predicted molar refractivity (Wildman–Crippen MR) is 118 cm³/mol. The Balaban J connectivity index is 1.52. The van der Waals surface area contributed by atoms with Crippen LogP contribution in [0.1, 0.15) is 43.5 Å². The van der Waals surface area contributed by atoms with E-state index in [0.29, 0.717) is 13.0 Å². The van der Waals surface area contributed by atoms with Crippen LogP contribution in [-0.4, -0.2) is 59.5 Å². The van der Waals surface area contributed by atoms with Crippen LogP contribution in [0.4, 0.5) is 18.4 Å². The van der Waals surface area contributed by atoms with E-state index in [-0.39, 0.29) is 18.9 Å². The van der Waals surface area contributed by atoms with Gasteiger partial charge in [0.05, 0.1) is 19.1 Å². The fourth-order valence-electron chi connectivity index (χ4n) is 4.29. The lowest BCUT2D eigenvalue weighted by Crippen LogP contribution is -2.43. The first-order chi connectivity index (χ1) is 15.6. The second-order valence-corrected chi connectivity index (χ2v) is 9.42. The lowest BCUT2D eigenvalue weighted by atomic mass is 9.88. The van der Waals surface area contributed by atoms with Gasteiger partial charge in [0.15, 0.2) is 12.3 Å². The Morgan fingerprint density at radius 3 is 2.39 bits per heavy atom. The van der Waals surface area contributed by atoms with Gasteiger partial charge in [-0.15, -0.1) is 0 Å². The fourth-order valence-corrected chi connectivity index (χ4v) is 4.29. The number of halogens is 2. The average Bonchev–Trinajstić information content (AvgIpc) is 3.13. The highest BCUT2D eigenvalue weighted by Gasteiger charge is 2.42. The molecule has 0 aliphatic carbocycles. The first kappa shape index (κ1) is 23.0. The van der Waals surface area contributed by atoms with Gasteiger partial charge in [-0.1, -0.05) is 36.4 Å². The van der Waals surface area contributed by atoms with E-state index in [0.717, 1.165) is 16.7 Å². The topological polar surface area (TPSA) is 59.1 Å². The summed E-state index contributed by atoms with van der Waals surface area (Å²) in [5.41, 5.74) is 2.04. The van der Waals surface area contributed by atoms with Gasteiger partial charge < -0.3 is 14.4 Å². The fraction of sp³-hybridized carbons (Fsp3) is 0.440. The van der Waals surface area contributed by atoms with Crippen LogP contribution in [0.3, 0.4) is 0 Å². The predicted octanol–water partition coefficient (Wildman–Crippen LogP) is 4.87. The maximum Gasteiger partial charge on any atom is 0.411 e. The van der Waals surface area contributed by atoms with Gasteiger partial charge in [-0.25, -0.2) is 18.4 Å². The summed E-state index contributed by atoms with van der Waals surface area (Å²) in [6, 6.07) is 13.3. The molecule has 1 saturated heterocycles. The number of fused-ring (bicyclic) bond motifs is 1. The number of hydrogen-bond acceptors (Lipinski definition) is 4. The summed E-state index contributed by atoms with van der Waals surface area (Å²) >= 11 is 0. The van der Waals surface area contributed by atoms with Gasteiger partial charge in [0, 0.05) is 6.54 Å². The summed E-state index contributed by atoms with van der Waals surface area (Å²) in [4.78, 5) is 28.2. The highest BCUT2D eigenvalue weighted by atomic mass is 19.1. The zero-order valence-electron chi connectivity index (χ0n) is 19.0. The first-order valence-corrected chi connectivity index (χ1v) is 11.0. The number of ether oxygens (including phenoxy) is 2. The van der Waals surface area contributed by atoms with E-state index in [2.05, 4.69) is 0 Å². The molecular formula is C25H28F2N2O4. The maximum absolute atomic E-state index is 14.7. The number of benzene rings is 2. The Morgan fingerprint density at radius 2 is 1.70 bits per heavy atom. The average molecular weight is 459 g/mol. The number of rotatable bonds is 2. The van der Waals surface area contributed by atoms with Crippen molar-refractivity contribution >= 4 is 12.2 Å². The molecule has 0 N–H and O–H groups in total. The van der Waals surface area contributed by atoms with Crippen molar-refractivity contribution in [3.63, 3.8) is 0 Å². The molecule has 2 aromatic rings. The number of nitrogens with zero attached hydrogens (tertiary/aromatic N) is 2. The Bertz CT molecular complexity index is 1020. The number of likely N-dealkylation sites (tertiary alicyclic amines) is 1. The summed E-state index contributed by atoms with van der Waals surface area (Å²) < 4.78 is 39.1. The lowest BCUT2D eigenvalue weighted by Gasteiger charge is -2.37.